The Labute approximate surface area is 161 Å². The van der Waals surface area contributed by atoms with Crippen LogP contribution in [0.25, 0.3) is 0 Å². The molecule has 1 N–H and O–H groups in total. The number of aromatic nitrogens is 1. The van der Waals surface area contributed by atoms with Gasteiger partial charge in [0.2, 0.25) is 5.91 Å². The van der Waals surface area contributed by atoms with Crippen molar-refractivity contribution in [2.75, 3.05) is 19.7 Å². The first-order valence-electron chi connectivity index (χ1n) is 9.53. The van der Waals surface area contributed by atoms with Crippen LogP contribution in [-0.4, -0.2) is 41.8 Å². The zero-order chi connectivity index (χ0) is 19.5. The highest BCUT2D eigenvalue weighted by Gasteiger charge is 2.41. The van der Waals surface area contributed by atoms with Crippen molar-refractivity contribution in [2.24, 2.45) is 11.8 Å². The molecule has 3 atom stereocenters. The number of amides is 1. The van der Waals surface area contributed by atoms with E-state index in [-0.39, 0.29) is 12.0 Å². The molecule has 2 aliphatic rings. The maximum absolute atomic E-state index is 13.9. The van der Waals surface area contributed by atoms with Crippen molar-refractivity contribution in [1.82, 2.24) is 15.4 Å². The minimum absolute atomic E-state index is 0.0714. The van der Waals surface area contributed by atoms with Gasteiger partial charge in [0.25, 0.3) is 0 Å². The number of hydrogen-bond acceptors (Lipinski definition) is 5. The predicted molar refractivity (Wildman–Crippen MR) is 95.9 cm³/mol. The Morgan fingerprint density at radius 3 is 3.04 bits per heavy atom. The van der Waals surface area contributed by atoms with E-state index in [1.54, 1.807) is 12.1 Å². The maximum Gasteiger partial charge on any atom is 0.222 e. The second-order valence-electron chi connectivity index (χ2n) is 7.50. The summed E-state index contributed by atoms with van der Waals surface area (Å²) >= 11 is 0. The third-order valence-corrected chi connectivity index (χ3v) is 5.65. The second kappa shape index (κ2) is 8.36. The molecule has 4 rings (SSSR count). The van der Waals surface area contributed by atoms with Crippen molar-refractivity contribution in [1.29, 1.82) is 0 Å². The van der Waals surface area contributed by atoms with Gasteiger partial charge < -0.3 is 14.6 Å². The molecule has 1 amide bonds. The van der Waals surface area contributed by atoms with Crippen LogP contribution in [0.1, 0.15) is 24.1 Å². The summed E-state index contributed by atoms with van der Waals surface area (Å²) < 4.78 is 38.0. The van der Waals surface area contributed by atoms with Crippen LogP contribution in [0.2, 0.25) is 0 Å². The van der Waals surface area contributed by atoms with E-state index in [0.717, 1.165) is 25.6 Å². The number of nitrogens with zero attached hydrogens (tertiary/aromatic N) is 2. The van der Waals surface area contributed by atoms with Gasteiger partial charge in [0.1, 0.15) is 12.0 Å². The van der Waals surface area contributed by atoms with Crippen LogP contribution in [0.3, 0.4) is 0 Å². The number of carbonyl (C=O) groups is 1. The topological polar surface area (TPSA) is 67.6 Å². The SMILES string of the molecule is O=C(C[C@@H]1OC[C@H]2CN(Cc3cccc(F)c3F)CC[C@H]21)NCc1ccon1. The number of rotatable bonds is 6. The number of benzene rings is 1. The molecule has 2 aromatic rings. The van der Waals surface area contributed by atoms with Crippen LogP contribution in [0.5, 0.6) is 0 Å². The van der Waals surface area contributed by atoms with Gasteiger partial charge in [-0.2, -0.15) is 0 Å². The van der Waals surface area contributed by atoms with Crippen LogP contribution in [0, 0.1) is 23.5 Å². The van der Waals surface area contributed by atoms with Gasteiger partial charge in [0, 0.05) is 30.6 Å². The zero-order valence-corrected chi connectivity index (χ0v) is 15.4. The second-order valence-corrected chi connectivity index (χ2v) is 7.50. The molecule has 1 aromatic carbocycles. The predicted octanol–water partition coefficient (Wildman–Crippen LogP) is 2.50. The van der Waals surface area contributed by atoms with E-state index in [2.05, 4.69) is 15.4 Å². The molecule has 6 nitrogen and oxygen atoms in total. The van der Waals surface area contributed by atoms with Crippen LogP contribution in [-0.2, 0) is 22.6 Å². The molecule has 0 saturated carbocycles. The number of fused-ring (bicyclic) bond motifs is 1. The lowest BCUT2D eigenvalue weighted by Gasteiger charge is -2.35. The average molecular weight is 391 g/mol. The highest BCUT2D eigenvalue weighted by atomic mass is 19.2. The number of nitrogens with one attached hydrogen (secondary N) is 1. The molecule has 2 fully saturated rings. The third kappa shape index (κ3) is 4.23. The van der Waals surface area contributed by atoms with Crippen molar-refractivity contribution < 1.29 is 22.8 Å². The van der Waals surface area contributed by atoms with Crippen LogP contribution < -0.4 is 5.32 Å². The molecule has 0 aliphatic carbocycles. The number of hydrogen-bond donors (Lipinski definition) is 1. The van der Waals surface area contributed by atoms with E-state index in [1.165, 1.54) is 12.3 Å². The molecule has 3 heterocycles. The molecule has 0 unspecified atom stereocenters. The van der Waals surface area contributed by atoms with Crippen molar-refractivity contribution in [2.45, 2.75) is 32.0 Å². The van der Waals surface area contributed by atoms with E-state index in [1.807, 2.05) is 0 Å². The Balaban J connectivity index is 1.27. The summed E-state index contributed by atoms with van der Waals surface area (Å²) in [5, 5.41) is 6.59. The largest absolute Gasteiger partial charge is 0.377 e. The van der Waals surface area contributed by atoms with Crippen LogP contribution >= 0.6 is 0 Å². The first-order valence-corrected chi connectivity index (χ1v) is 9.53. The van der Waals surface area contributed by atoms with E-state index in [4.69, 9.17) is 9.26 Å². The number of likely N-dealkylation sites (tertiary alicyclic amines) is 1. The fourth-order valence-corrected chi connectivity index (χ4v) is 4.20. The lowest BCUT2D eigenvalue weighted by molar-refractivity contribution is -0.124. The quantitative estimate of drug-likeness (QED) is 0.820. The Morgan fingerprint density at radius 1 is 1.32 bits per heavy atom. The highest BCUT2D eigenvalue weighted by Crippen LogP contribution is 2.36. The first-order chi connectivity index (χ1) is 13.6. The van der Waals surface area contributed by atoms with Crippen molar-refractivity contribution in [3.63, 3.8) is 0 Å². The minimum Gasteiger partial charge on any atom is -0.377 e. The minimum atomic E-state index is -0.812. The molecule has 0 spiro atoms. The number of halogens is 2. The fraction of sp³-hybridized carbons (Fsp3) is 0.500. The Bertz CT molecular complexity index is 815. The fourth-order valence-electron chi connectivity index (χ4n) is 4.20. The number of carbonyl (C=O) groups excluding carboxylic acids is 1. The first kappa shape index (κ1) is 19.0. The molecular weight excluding hydrogens is 368 g/mol. The summed E-state index contributed by atoms with van der Waals surface area (Å²) in [6.45, 7) is 2.85. The average Bonchev–Trinajstić information content (AvgIpc) is 3.34. The van der Waals surface area contributed by atoms with Crippen molar-refractivity contribution in [3.8, 4) is 0 Å². The smallest absolute Gasteiger partial charge is 0.222 e. The standard InChI is InChI=1S/C20H23F2N3O3/c21-17-3-1-2-13(20(17)22)10-25-6-4-16-14(11-25)12-27-18(16)8-19(26)23-9-15-5-7-28-24-15/h1-3,5,7,14,16,18H,4,6,8-12H2,(H,23,26)/t14-,16-,18+/m1/s1. The molecule has 8 heteroatoms. The van der Waals surface area contributed by atoms with E-state index < -0.39 is 11.6 Å². The van der Waals surface area contributed by atoms with E-state index in [0.29, 0.717) is 49.2 Å². The van der Waals surface area contributed by atoms with Crippen LogP contribution in [0.15, 0.2) is 35.1 Å². The summed E-state index contributed by atoms with van der Waals surface area (Å²) in [6.07, 6.45) is 2.56. The summed E-state index contributed by atoms with van der Waals surface area (Å²) in [4.78, 5) is 14.3. The van der Waals surface area contributed by atoms with Gasteiger partial charge in [0.05, 0.1) is 25.7 Å². The molecule has 0 radical (unpaired) electrons. The Hall–Kier alpha value is -2.32. The summed E-state index contributed by atoms with van der Waals surface area (Å²) in [5.41, 5.74) is 1.05. The van der Waals surface area contributed by atoms with Gasteiger partial charge in [-0.1, -0.05) is 17.3 Å². The van der Waals surface area contributed by atoms with E-state index >= 15 is 0 Å². The number of piperidine rings is 1. The lowest BCUT2D eigenvalue weighted by atomic mass is 9.83. The van der Waals surface area contributed by atoms with Gasteiger partial charge in [-0.25, -0.2) is 8.78 Å². The van der Waals surface area contributed by atoms with Crippen LogP contribution in [0.4, 0.5) is 8.78 Å². The molecule has 2 aliphatic heterocycles. The summed E-state index contributed by atoms with van der Waals surface area (Å²) in [5.74, 6) is -1.04. The molecule has 1 aromatic heterocycles. The zero-order valence-electron chi connectivity index (χ0n) is 15.4. The van der Waals surface area contributed by atoms with Gasteiger partial charge in [-0.05, 0) is 24.9 Å². The highest BCUT2D eigenvalue weighted by molar-refractivity contribution is 5.76. The molecule has 0 bridgehead atoms. The Kier molecular flexibility index (Phi) is 5.68. The maximum atomic E-state index is 13.9. The van der Waals surface area contributed by atoms with Crippen molar-refractivity contribution >= 4 is 5.91 Å². The van der Waals surface area contributed by atoms with Gasteiger partial charge >= 0.3 is 0 Å². The monoisotopic (exact) mass is 391 g/mol. The Morgan fingerprint density at radius 2 is 2.21 bits per heavy atom. The van der Waals surface area contributed by atoms with Crippen molar-refractivity contribution in [3.05, 3.63) is 53.4 Å². The third-order valence-electron chi connectivity index (χ3n) is 5.65. The molecule has 2 saturated heterocycles. The summed E-state index contributed by atoms with van der Waals surface area (Å²) in [7, 11) is 0. The molecule has 28 heavy (non-hydrogen) atoms. The van der Waals surface area contributed by atoms with Gasteiger partial charge in [0.15, 0.2) is 11.6 Å². The normalized spacial score (nSPS) is 24.9. The van der Waals surface area contributed by atoms with E-state index in [9.17, 15) is 13.6 Å². The molecular formula is C20H23F2N3O3. The lowest BCUT2D eigenvalue weighted by Crippen LogP contribution is -2.42. The van der Waals surface area contributed by atoms with Gasteiger partial charge in [-0.15, -0.1) is 0 Å². The molecule has 150 valence electrons. The summed E-state index contributed by atoms with van der Waals surface area (Å²) in [6, 6.07) is 6.00. The van der Waals surface area contributed by atoms with Gasteiger partial charge in [-0.3, -0.25) is 9.69 Å². The number of ether oxygens (including phenoxy) is 1.